The van der Waals surface area contributed by atoms with E-state index >= 15 is 0 Å². The predicted octanol–water partition coefficient (Wildman–Crippen LogP) is 4.63. The third kappa shape index (κ3) is 5.56. The van der Waals surface area contributed by atoms with Gasteiger partial charge in [0.15, 0.2) is 0 Å². The summed E-state index contributed by atoms with van der Waals surface area (Å²) in [6, 6.07) is 0.851. The van der Waals surface area contributed by atoms with E-state index in [1.807, 2.05) is 7.11 Å². The van der Waals surface area contributed by atoms with Crippen LogP contribution in [-0.2, 0) is 4.74 Å². The highest BCUT2D eigenvalue weighted by Crippen LogP contribution is 2.40. The summed E-state index contributed by atoms with van der Waals surface area (Å²) >= 11 is 0. The van der Waals surface area contributed by atoms with E-state index in [4.69, 9.17) is 4.74 Å². The fourth-order valence-electron chi connectivity index (χ4n) is 3.83. The first kappa shape index (κ1) is 17.3. The molecular weight excluding hydrogens is 258 g/mol. The van der Waals surface area contributed by atoms with E-state index in [0.717, 1.165) is 29.7 Å². The van der Waals surface area contributed by atoms with Crippen LogP contribution in [0.3, 0.4) is 0 Å². The lowest BCUT2D eigenvalue weighted by molar-refractivity contribution is 0.00348. The molecule has 3 unspecified atom stereocenters. The van der Waals surface area contributed by atoms with Crippen LogP contribution in [0, 0.1) is 23.7 Å². The molecule has 2 rings (SSSR count). The van der Waals surface area contributed by atoms with Gasteiger partial charge in [-0.05, 0) is 89.0 Å². The summed E-state index contributed by atoms with van der Waals surface area (Å²) in [6.45, 7) is 10.5. The van der Waals surface area contributed by atoms with E-state index in [1.54, 1.807) is 0 Å². The zero-order valence-electron chi connectivity index (χ0n) is 15.0. The summed E-state index contributed by atoms with van der Waals surface area (Å²) in [5, 5.41) is 3.78. The second-order valence-electron chi connectivity index (χ2n) is 8.52. The molecule has 2 heteroatoms. The second-order valence-corrected chi connectivity index (χ2v) is 8.52. The van der Waals surface area contributed by atoms with Gasteiger partial charge in [-0.1, -0.05) is 13.8 Å². The first-order chi connectivity index (χ1) is 9.91. The van der Waals surface area contributed by atoms with Crippen LogP contribution in [0.1, 0.15) is 72.6 Å². The van der Waals surface area contributed by atoms with Gasteiger partial charge in [-0.25, -0.2) is 0 Å². The Bertz CT molecular complexity index is 309. The third-order valence-corrected chi connectivity index (χ3v) is 6.04. The normalized spacial score (nSPS) is 30.9. The van der Waals surface area contributed by atoms with E-state index in [-0.39, 0.29) is 5.60 Å². The summed E-state index contributed by atoms with van der Waals surface area (Å²) < 4.78 is 5.63. The Balaban J connectivity index is 1.87. The third-order valence-electron chi connectivity index (χ3n) is 6.04. The molecule has 2 saturated carbocycles. The van der Waals surface area contributed by atoms with Crippen molar-refractivity contribution in [3.63, 3.8) is 0 Å². The van der Waals surface area contributed by atoms with Gasteiger partial charge in [-0.3, -0.25) is 0 Å². The van der Waals surface area contributed by atoms with Gasteiger partial charge in [0, 0.05) is 13.2 Å². The monoisotopic (exact) mass is 295 g/mol. The number of hydrogen-bond donors (Lipinski definition) is 1. The average Bonchev–Trinajstić information content (AvgIpc) is 3.27. The van der Waals surface area contributed by atoms with Gasteiger partial charge in [0.25, 0.3) is 0 Å². The molecule has 0 radical (unpaired) electrons. The van der Waals surface area contributed by atoms with E-state index in [1.165, 1.54) is 51.5 Å². The molecule has 2 fully saturated rings. The molecule has 0 aromatic rings. The van der Waals surface area contributed by atoms with Crippen LogP contribution in [0.5, 0.6) is 0 Å². The molecule has 0 amide bonds. The van der Waals surface area contributed by atoms with Crippen LogP contribution in [-0.4, -0.2) is 25.3 Å². The minimum absolute atomic E-state index is 0.0409. The maximum Gasteiger partial charge on any atom is 0.0622 e. The van der Waals surface area contributed by atoms with E-state index in [0.29, 0.717) is 0 Å². The smallest absolute Gasteiger partial charge is 0.0622 e. The van der Waals surface area contributed by atoms with Gasteiger partial charge in [0.05, 0.1) is 5.60 Å². The summed E-state index contributed by atoms with van der Waals surface area (Å²) in [7, 11) is 1.85. The number of ether oxygens (including phenoxy) is 1. The van der Waals surface area contributed by atoms with Crippen molar-refractivity contribution in [2.75, 3.05) is 13.7 Å². The number of methoxy groups -OCH3 is 1. The van der Waals surface area contributed by atoms with Crippen molar-refractivity contribution in [3.05, 3.63) is 0 Å². The Labute approximate surface area is 132 Å². The molecule has 0 aromatic carbocycles. The van der Waals surface area contributed by atoms with Crippen molar-refractivity contribution in [1.29, 1.82) is 0 Å². The van der Waals surface area contributed by atoms with E-state index in [9.17, 15) is 0 Å². The van der Waals surface area contributed by atoms with Gasteiger partial charge in [0.1, 0.15) is 0 Å². The van der Waals surface area contributed by atoms with Crippen molar-refractivity contribution >= 4 is 0 Å². The Morgan fingerprint density at radius 1 is 1.10 bits per heavy atom. The van der Waals surface area contributed by atoms with E-state index in [2.05, 4.69) is 33.0 Å². The maximum atomic E-state index is 5.63. The lowest BCUT2D eigenvalue weighted by Gasteiger charge is -2.39. The van der Waals surface area contributed by atoms with Gasteiger partial charge in [-0.15, -0.1) is 0 Å². The Hall–Kier alpha value is -0.0800. The minimum Gasteiger partial charge on any atom is -0.379 e. The van der Waals surface area contributed by atoms with Gasteiger partial charge < -0.3 is 10.1 Å². The van der Waals surface area contributed by atoms with Crippen molar-refractivity contribution in [2.24, 2.45) is 23.7 Å². The zero-order valence-corrected chi connectivity index (χ0v) is 15.0. The Kier molecular flexibility index (Phi) is 6.14. The highest BCUT2D eigenvalue weighted by Gasteiger charge is 2.33. The van der Waals surface area contributed by atoms with Crippen molar-refractivity contribution in [3.8, 4) is 0 Å². The Morgan fingerprint density at radius 2 is 1.81 bits per heavy atom. The summed E-state index contributed by atoms with van der Waals surface area (Å²) in [5.74, 6) is 3.58. The van der Waals surface area contributed by atoms with Gasteiger partial charge in [-0.2, -0.15) is 0 Å². The van der Waals surface area contributed by atoms with Crippen LogP contribution in [0.2, 0.25) is 0 Å². The molecule has 21 heavy (non-hydrogen) atoms. The van der Waals surface area contributed by atoms with Crippen LogP contribution < -0.4 is 5.32 Å². The molecule has 2 nitrogen and oxygen atoms in total. The van der Waals surface area contributed by atoms with Gasteiger partial charge in [0.2, 0.25) is 0 Å². The number of nitrogens with one attached hydrogen (secondary N) is 1. The topological polar surface area (TPSA) is 21.3 Å². The molecule has 2 aliphatic rings. The first-order valence-electron chi connectivity index (χ1n) is 9.20. The number of rotatable bonds is 8. The standard InChI is InChI=1S/C19H37NO/c1-14(2)15-6-7-17(13-20-18-8-9-18)16(12-15)10-11-19(3,4)21-5/h14-18,20H,6-13H2,1-5H3. The van der Waals surface area contributed by atoms with Crippen LogP contribution in [0.25, 0.3) is 0 Å². The second kappa shape index (κ2) is 7.46. The summed E-state index contributed by atoms with van der Waals surface area (Å²) in [4.78, 5) is 0. The molecule has 2 aliphatic carbocycles. The fraction of sp³-hybridized carbons (Fsp3) is 1.00. The lowest BCUT2D eigenvalue weighted by atomic mass is 9.68. The molecular formula is C19H37NO. The van der Waals surface area contributed by atoms with Gasteiger partial charge >= 0.3 is 0 Å². The lowest BCUT2D eigenvalue weighted by Crippen LogP contribution is -2.36. The molecule has 1 N–H and O–H groups in total. The quantitative estimate of drug-likeness (QED) is 0.705. The summed E-state index contributed by atoms with van der Waals surface area (Å²) in [6.07, 6.45) is 9.65. The molecule has 0 bridgehead atoms. The molecule has 3 atom stereocenters. The summed E-state index contributed by atoms with van der Waals surface area (Å²) in [5.41, 5.74) is 0.0409. The van der Waals surface area contributed by atoms with Crippen molar-refractivity contribution in [1.82, 2.24) is 5.32 Å². The molecule has 0 aliphatic heterocycles. The first-order valence-corrected chi connectivity index (χ1v) is 9.20. The number of hydrogen-bond acceptors (Lipinski definition) is 2. The Morgan fingerprint density at radius 3 is 2.38 bits per heavy atom. The highest BCUT2D eigenvalue weighted by molar-refractivity contribution is 4.87. The van der Waals surface area contributed by atoms with Crippen molar-refractivity contribution < 1.29 is 4.74 Å². The maximum absolute atomic E-state index is 5.63. The minimum atomic E-state index is 0.0409. The van der Waals surface area contributed by atoms with Crippen LogP contribution in [0.15, 0.2) is 0 Å². The highest BCUT2D eigenvalue weighted by atomic mass is 16.5. The van der Waals surface area contributed by atoms with Crippen LogP contribution >= 0.6 is 0 Å². The largest absolute Gasteiger partial charge is 0.379 e. The van der Waals surface area contributed by atoms with Crippen molar-refractivity contribution in [2.45, 2.75) is 84.3 Å². The predicted molar refractivity (Wildman–Crippen MR) is 90.5 cm³/mol. The molecule has 0 heterocycles. The zero-order chi connectivity index (χ0) is 15.5. The molecule has 0 aromatic heterocycles. The van der Waals surface area contributed by atoms with E-state index < -0.39 is 0 Å². The average molecular weight is 296 g/mol. The molecule has 0 saturated heterocycles. The van der Waals surface area contributed by atoms with Crippen LogP contribution in [0.4, 0.5) is 0 Å². The molecule has 124 valence electrons. The molecule has 0 spiro atoms. The SMILES string of the molecule is COC(C)(C)CCC1CC(C(C)C)CCC1CNC1CC1. The fourth-order valence-corrected chi connectivity index (χ4v) is 3.83.